The number of pyridine rings is 1. The summed E-state index contributed by atoms with van der Waals surface area (Å²) < 4.78 is 0. The van der Waals surface area contributed by atoms with Crippen LogP contribution in [0.15, 0.2) is 66.1 Å². The Morgan fingerprint density at radius 1 is 1.38 bits per heavy atom. The van der Waals surface area contributed by atoms with Gasteiger partial charge in [0.1, 0.15) is 0 Å². The Morgan fingerprint density at radius 3 is 2.78 bits per heavy atom. The van der Waals surface area contributed by atoms with Crippen molar-refractivity contribution in [1.82, 2.24) is 10.3 Å². The lowest BCUT2D eigenvalue weighted by molar-refractivity contribution is -0.117. The van der Waals surface area contributed by atoms with Crippen LogP contribution in [-0.4, -0.2) is 35.1 Å². The van der Waals surface area contributed by atoms with Crippen LogP contribution in [0.1, 0.15) is 42.6 Å². The molecule has 3 rings (SSSR count). The lowest BCUT2D eigenvalue weighted by Crippen LogP contribution is -2.35. The van der Waals surface area contributed by atoms with E-state index in [4.69, 9.17) is 5.73 Å². The molecule has 7 heteroatoms. The first-order valence-electron chi connectivity index (χ1n) is 10.6. The lowest BCUT2D eigenvalue weighted by Gasteiger charge is -2.23. The molecule has 0 spiro atoms. The second kappa shape index (κ2) is 10.0. The van der Waals surface area contributed by atoms with E-state index in [1.807, 2.05) is 39.0 Å². The first-order valence-corrected chi connectivity index (χ1v) is 10.6. The molecule has 2 aromatic rings. The highest BCUT2D eigenvalue weighted by atomic mass is 16.2. The highest BCUT2D eigenvalue weighted by Crippen LogP contribution is 2.31. The Labute approximate surface area is 188 Å². The summed E-state index contributed by atoms with van der Waals surface area (Å²) in [6.45, 7) is 9.76. The summed E-state index contributed by atoms with van der Waals surface area (Å²) in [5.41, 5.74) is 9.63. The van der Waals surface area contributed by atoms with E-state index in [0.717, 1.165) is 23.2 Å². The van der Waals surface area contributed by atoms with Gasteiger partial charge >= 0.3 is 0 Å². The van der Waals surface area contributed by atoms with Gasteiger partial charge in [0.2, 0.25) is 5.91 Å². The maximum Gasteiger partial charge on any atom is 0.251 e. The van der Waals surface area contributed by atoms with E-state index in [-0.39, 0.29) is 23.9 Å². The summed E-state index contributed by atoms with van der Waals surface area (Å²) in [5.74, 6) is -0.209. The highest BCUT2D eigenvalue weighted by molar-refractivity contribution is 6.01. The lowest BCUT2D eigenvalue weighted by atomic mass is 10.0. The van der Waals surface area contributed by atoms with Crippen molar-refractivity contribution in [2.75, 3.05) is 4.90 Å². The van der Waals surface area contributed by atoms with Gasteiger partial charge in [-0.05, 0) is 62.6 Å². The number of nitrogens with one attached hydrogen (secondary N) is 1. The Bertz CT molecular complexity index is 1070. The second-order valence-corrected chi connectivity index (χ2v) is 8.03. The van der Waals surface area contributed by atoms with E-state index < -0.39 is 0 Å². The molecule has 1 aliphatic rings. The number of aromatic nitrogens is 1. The number of aliphatic imine (C=N–C) groups is 1. The number of carbonyl (C=O) groups is 2. The number of hydrogen-bond acceptors (Lipinski definition) is 5. The van der Waals surface area contributed by atoms with Gasteiger partial charge in [0, 0.05) is 54.1 Å². The third-order valence-electron chi connectivity index (χ3n) is 5.47. The van der Waals surface area contributed by atoms with Gasteiger partial charge in [0.05, 0.1) is 11.7 Å². The maximum absolute atomic E-state index is 13.1. The first kappa shape index (κ1) is 22.9. The van der Waals surface area contributed by atoms with Gasteiger partial charge in [0.25, 0.3) is 5.91 Å². The summed E-state index contributed by atoms with van der Waals surface area (Å²) in [5, 5.41) is 2.94. The Balaban J connectivity index is 1.95. The molecule has 1 saturated heterocycles. The largest absolute Gasteiger partial charge is 0.403 e. The predicted molar refractivity (Wildman–Crippen MR) is 128 cm³/mol. The Morgan fingerprint density at radius 2 is 2.16 bits per heavy atom. The molecule has 1 aromatic carbocycles. The fourth-order valence-corrected chi connectivity index (χ4v) is 3.57. The normalized spacial score (nSPS) is 17.3. The summed E-state index contributed by atoms with van der Waals surface area (Å²) in [6.07, 6.45) is 7.39. The number of nitrogens with zero attached hydrogens (tertiary/aromatic N) is 3. The monoisotopic (exact) mass is 431 g/mol. The highest BCUT2D eigenvalue weighted by Gasteiger charge is 2.30. The van der Waals surface area contributed by atoms with E-state index >= 15 is 0 Å². The molecule has 0 bridgehead atoms. The van der Waals surface area contributed by atoms with Crippen LogP contribution in [0.4, 0.5) is 5.69 Å². The number of rotatable bonds is 7. The molecule has 0 saturated carbocycles. The molecule has 1 aliphatic heterocycles. The van der Waals surface area contributed by atoms with Crippen LogP contribution in [0.3, 0.4) is 0 Å². The molecular formula is C25H29N5O2. The van der Waals surface area contributed by atoms with Crippen LogP contribution in [0.2, 0.25) is 0 Å². The van der Waals surface area contributed by atoms with E-state index in [1.54, 1.807) is 29.4 Å². The molecule has 2 amide bonds. The Kier molecular flexibility index (Phi) is 7.20. The van der Waals surface area contributed by atoms with Crippen molar-refractivity contribution in [1.29, 1.82) is 0 Å². The molecule has 3 N–H and O–H groups in total. The van der Waals surface area contributed by atoms with Crippen molar-refractivity contribution in [3.8, 4) is 11.3 Å². The van der Waals surface area contributed by atoms with Crippen LogP contribution in [0.5, 0.6) is 0 Å². The molecule has 166 valence electrons. The number of aryl methyl sites for hydroxylation is 1. The number of benzene rings is 1. The number of anilines is 1. The van der Waals surface area contributed by atoms with Gasteiger partial charge in [-0.1, -0.05) is 12.6 Å². The summed E-state index contributed by atoms with van der Waals surface area (Å²) in [4.78, 5) is 35.9. The van der Waals surface area contributed by atoms with Crippen molar-refractivity contribution in [2.24, 2.45) is 10.7 Å². The molecule has 7 nitrogen and oxygen atoms in total. The average molecular weight is 432 g/mol. The Hall–Kier alpha value is -3.74. The van der Waals surface area contributed by atoms with E-state index in [2.05, 4.69) is 21.9 Å². The first-order chi connectivity index (χ1) is 15.3. The molecule has 2 atom stereocenters. The zero-order valence-electron chi connectivity index (χ0n) is 18.7. The van der Waals surface area contributed by atoms with Gasteiger partial charge in [0.15, 0.2) is 0 Å². The van der Waals surface area contributed by atoms with Crippen LogP contribution in [-0.2, 0) is 4.79 Å². The van der Waals surface area contributed by atoms with Gasteiger partial charge < -0.3 is 16.0 Å². The van der Waals surface area contributed by atoms with Crippen LogP contribution in [0.25, 0.3) is 11.3 Å². The minimum absolute atomic E-state index is 0.0591. The molecule has 1 fully saturated rings. The molecule has 1 aromatic heterocycles. The van der Waals surface area contributed by atoms with Crippen molar-refractivity contribution in [2.45, 2.75) is 45.7 Å². The fraction of sp³-hybridized carbons (Fsp3) is 0.280. The summed E-state index contributed by atoms with van der Waals surface area (Å²) in [6, 6.07) is 9.09. The van der Waals surface area contributed by atoms with E-state index in [1.165, 1.54) is 12.4 Å². The predicted octanol–water partition coefficient (Wildman–Crippen LogP) is 3.75. The molecule has 0 aliphatic carbocycles. The van der Waals surface area contributed by atoms with Gasteiger partial charge in [-0.3, -0.25) is 19.6 Å². The SMILES string of the molecule is C=C(C=N/C=C\N)C(C)NC(=O)c1cc(-c2ccc(C)cn2)cc(N2C(=O)CCC2C)c1. The molecule has 0 radical (unpaired) electrons. The second-order valence-electron chi connectivity index (χ2n) is 8.03. The van der Waals surface area contributed by atoms with Crippen molar-refractivity contribution in [3.05, 3.63) is 72.2 Å². The van der Waals surface area contributed by atoms with Gasteiger partial charge in [-0.25, -0.2) is 0 Å². The standard InChI is InChI=1S/C25H29N5O2/c1-16-5-7-23(28-14-16)20-11-21(13-22(12-20)30-18(3)6-8-24(30)31)25(32)29-19(4)17(2)15-27-10-9-26/h5,7,9-15,18-19H,2,6,8,26H2,1,3-4H3,(H,29,32)/b10-9-,27-15?. The average Bonchev–Trinajstić information content (AvgIpc) is 3.11. The molecule has 2 heterocycles. The summed E-state index contributed by atoms with van der Waals surface area (Å²) >= 11 is 0. The van der Waals surface area contributed by atoms with E-state index in [0.29, 0.717) is 23.2 Å². The third kappa shape index (κ3) is 5.29. The zero-order chi connectivity index (χ0) is 23.3. The minimum Gasteiger partial charge on any atom is -0.403 e. The van der Waals surface area contributed by atoms with Crippen molar-refractivity contribution in [3.63, 3.8) is 0 Å². The molecule has 32 heavy (non-hydrogen) atoms. The fourth-order valence-electron chi connectivity index (χ4n) is 3.57. The van der Waals surface area contributed by atoms with Gasteiger partial charge in [-0.2, -0.15) is 0 Å². The minimum atomic E-state index is -0.339. The van der Waals surface area contributed by atoms with Gasteiger partial charge in [-0.15, -0.1) is 0 Å². The van der Waals surface area contributed by atoms with Crippen molar-refractivity contribution >= 4 is 23.7 Å². The zero-order valence-corrected chi connectivity index (χ0v) is 18.7. The van der Waals surface area contributed by atoms with Crippen LogP contribution < -0.4 is 16.0 Å². The number of hydrogen-bond donors (Lipinski definition) is 2. The molecular weight excluding hydrogens is 402 g/mol. The van der Waals surface area contributed by atoms with Crippen LogP contribution >= 0.6 is 0 Å². The number of carbonyl (C=O) groups excluding carboxylic acids is 2. The van der Waals surface area contributed by atoms with E-state index in [9.17, 15) is 9.59 Å². The number of nitrogens with two attached hydrogens (primary N) is 1. The molecule has 2 unspecified atom stereocenters. The van der Waals surface area contributed by atoms with Crippen molar-refractivity contribution < 1.29 is 9.59 Å². The number of amides is 2. The third-order valence-corrected chi connectivity index (χ3v) is 5.47. The summed E-state index contributed by atoms with van der Waals surface area (Å²) in [7, 11) is 0. The smallest absolute Gasteiger partial charge is 0.251 e. The topological polar surface area (TPSA) is 101 Å². The maximum atomic E-state index is 13.1. The quantitative estimate of drug-likeness (QED) is 0.652. The van der Waals surface area contributed by atoms with Crippen LogP contribution in [0, 0.1) is 6.92 Å².